The van der Waals surface area contributed by atoms with Crippen LogP contribution in [0.4, 0.5) is 0 Å². The largest absolute Gasteiger partial charge is 0.387 e. The van der Waals surface area contributed by atoms with Gasteiger partial charge in [0.2, 0.25) is 0 Å². The Morgan fingerprint density at radius 1 is 1.17 bits per heavy atom. The van der Waals surface area contributed by atoms with Gasteiger partial charge in [0.1, 0.15) is 0 Å². The van der Waals surface area contributed by atoms with Crippen LogP contribution in [0.3, 0.4) is 0 Å². The van der Waals surface area contributed by atoms with Gasteiger partial charge in [-0.1, -0.05) is 32.9 Å². The molecule has 0 spiro atoms. The molecule has 0 amide bonds. The average molecular weight is 244 g/mol. The summed E-state index contributed by atoms with van der Waals surface area (Å²) in [5, 5.41) is 10.1. The van der Waals surface area contributed by atoms with Crippen LogP contribution in [-0.2, 0) is 0 Å². The molecule has 18 heavy (non-hydrogen) atoms. The normalized spacial score (nSPS) is 13.8. The minimum atomic E-state index is -0.527. The molecule has 96 valence electrons. The fourth-order valence-corrected chi connectivity index (χ4v) is 1.85. The highest BCUT2D eigenvalue weighted by Crippen LogP contribution is 2.26. The SMILES string of the molecule is CC(C)(C)CCC(O)c1cnc2ccccc2n1. The van der Waals surface area contributed by atoms with E-state index in [2.05, 4.69) is 30.7 Å². The number of benzene rings is 1. The number of aliphatic hydroxyl groups is 1. The lowest BCUT2D eigenvalue weighted by atomic mass is 9.89. The smallest absolute Gasteiger partial charge is 0.0975 e. The van der Waals surface area contributed by atoms with Crippen molar-refractivity contribution < 1.29 is 5.11 Å². The zero-order chi connectivity index (χ0) is 13.2. The van der Waals surface area contributed by atoms with Gasteiger partial charge in [-0.05, 0) is 30.4 Å². The van der Waals surface area contributed by atoms with Gasteiger partial charge in [-0.3, -0.25) is 4.98 Å². The first-order chi connectivity index (χ1) is 8.46. The third kappa shape index (κ3) is 3.26. The molecule has 0 aliphatic carbocycles. The second-order valence-electron chi connectivity index (χ2n) is 5.90. The van der Waals surface area contributed by atoms with Gasteiger partial charge in [-0.2, -0.15) is 0 Å². The summed E-state index contributed by atoms with van der Waals surface area (Å²) in [4.78, 5) is 8.79. The van der Waals surface area contributed by atoms with Crippen molar-refractivity contribution in [2.45, 2.75) is 39.7 Å². The van der Waals surface area contributed by atoms with Crippen molar-refractivity contribution in [3.63, 3.8) is 0 Å². The Hall–Kier alpha value is -1.48. The zero-order valence-electron chi connectivity index (χ0n) is 11.2. The number of hydrogen-bond acceptors (Lipinski definition) is 3. The number of hydrogen-bond donors (Lipinski definition) is 1. The van der Waals surface area contributed by atoms with Crippen LogP contribution in [0.15, 0.2) is 30.5 Å². The summed E-state index contributed by atoms with van der Waals surface area (Å²) in [6, 6.07) is 7.71. The molecule has 3 heteroatoms. The molecule has 1 N–H and O–H groups in total. The van der Waals surface area contributed by atoms with E-state index in [-0.39, 0.29) is 5.41 Å². The molecule has 2 rings (SSSR count). The molecular formula is C15H20N2O. The minimum Gasteiger partial charge on any atom is -0.387 e. The van der Waals surface area contributed by atoms with Gasteiger partial charge in [-0.15, -0.1) is 0 Å². The monoisotopic (exact) mass is 244 g/mol. The van der Waals surface area contributed by atoms with Crippen LogP contribution in [0.25, 0.3) is 11.0 Å². The van der Waals surface area contributed by atoms with E-state index >= 15 is 0 Å². The van der Waals surface area contributed by atoms with Crippen LogP contribution >= 0.6 is 0 Å². The molecule has 0 radical (unpaired) electrons. The molecule has 0 aliphatic rings. The van der Waals surface area contributed by atoms with E-state index in [0.717, 1.165) is 23.9 Å². The highest BCUT2D eigenvalue weighted by molar-refractivity contribution is 5.73. The molecule has 0 aliphatic heterocycles. The molecule has 3 nitrogen and oxygen atoms in total. The average Bonchev–Trinajstić information content (AvgIpc) is 2.34. The summed E-state index contributed by atoms with van der Waals surface area (Å²) in [6.45, 7) is 6.52. The lowest BCUT2D eigenvalue weighted by Crippen LogP contribution is -2.09. The lowest BCUT2D eigenvalue weighted by molar-refractivity contribution is 0.143. The van der Waals surface area contributed by atoms with Gasteiger partial charge in [0.05, 0.1) is 29.0 Å². The number of para-hydroxylation sites is 2. The predicted molar refractivity (Wildman–Crippen MR) is 73.2 cm³/mol. The second kappa shape index (κ2) is 5.02. The highest BCUT2D eigenvalue weighted by Gasteiger charge is 2.16. The first-order valence-corrected chi connectivity index (χ1v) is 6.35. The first-order valence-electron chi connectivity index (χ1n) is 6.35. The summed E-state index contributed by atoms with van der Waals surface area (Å²) < 4.78 is 0. The van der Waals surface area contributed by atoms with Crippen LogP contribution in [0, 0.1) is 5.41 Å². The molecule has 1 unspecified atom stereocenters. The molecular weight excluding hydrogens is 224 g/mol. The van der Waals surface area contributed by atoms with Crippen molar-refractivity contribution in [2.24, 2.45) is 5.41 Å². The van der Waals surface area contributed by atoms with Gasteiger partial charge in [0.15, 0.2) is 0 Å². The molecule has 1 heterocycles. The minimum absolute atomic E-state index is 0.227. The van der Waals surface area contributed by atoms with Crippen LogP contribution in [0.1, 0.15) is 45.4 Å². The van der Waals surface area contributed by atoms with E-state index in [4.69, 9.17) is 0 Å². The van der Waals surface area contributed by atoms with E-state index in [9.17, 15) is 5.11 Å². The number of aromatic nitrogens is 2. The van der Waals surface area contributed by atoms with Crippen LogP contribution in [-0.4, -0.2) is 15.1 Å². The topological polar surface area (TPSA) is 46.0 Å². The van der Waals surface area contributed by atoms with E-state index in [0.29, 0.717) is 5.69 Å². The van der Waals surface area contributed by atoms with Crippen molar-refractivity contribution in [2.75, 3.05) is 0 Å². The third-order valence-corrected chi connectivity index (χ3v) is 2.98. The Labute approximate surface area is 108 Å². The van der Waals surface area contributed by atoms with Gasteiger partial charge in [0.25, 0.3) is 0 Å². The quantitative estimate of drug-likeness (QED) is 0.899. The molecule has 1 aromatic heterocycles. The van der Waals surface area contributed by atoms with Crippen LogP contribution in [0.2, 0.25) is 0 Å². The van der Waals surface area contributed by atoms with E-state index in [1.807, 2.05) is 24.3 Å². The molecule has 0 saturated heterocycles. The maximum atomic E-state index is 10.1. The molecule has 0 fully saturated rings. The Bertz CT molecular complexity index is 531. The molecule has 0 bridgehead atoms. The molecule has 0 saturated carbocycles. The maximum absolute atomic E-state index is 10.1. The molecule has 2 aromatic rings. The Kier molecular flexibility index (Phi) is 3.62. The second-order valence-corrected chi connectivity index (χ2v) is 5.90. The van der Waals surface area contributed by atoms with Crippen LogP contribution < -0.4 is 0 Å². The summed E-state index contributed by atoms with van der Waals surface area (Å²) in [5.74, 6) is 0. The predicted octanol–water partition coefficient (Wildman–Crippen LogP) is 3.49. The molecule has 1 atom stereocenters. The Morgan fingerprint density at radius 3 is 2.50 bits per heavy atom. The molecule has 1 aromatic carbocycles. The summed E-state index contributed by atoms with van der Waals surface area (Å²) in [7, 11) is 0. The summed E-state index contributed by atoms with van der Waals surface area (Å²) in [6.07, 6.45) is 2.83. The van der Waals surface area contributed by atoms with Gasteiger partial charge >= 0.3 is 0 Å². The van der Waals surface area contributed by atoms with E-state index < -0.39 is 6.10 Å². The van der Waals surface area contributed by atoms with Gasteiger partial charge in [0, 0.05) is 0 Å². The van der Waals surface area contributed by atoms with Crippen molar-refractivity contribution >= 4 is 11.0 Å². The van der Waals surface area contributed by atoms with Gasteiger partial charge < -0.3 is 5.11 Å². The fraction of sp³-hybridized carbons (Fsp3) is 0.467. The van der Waals surface area contributed by atoms with E-state index in [1.54, 1.807) is 6.20 Å². The Morgan fingerprint density at radius 2 is 1.83 bits per heavy atom. The fourth-order valence-electron chi connectivity index (χ4n) is 1.85. The zero-order valence-corrected chi connectivity index (χ0v) is 11.2. The number of rotatable bonds is 3. The van der Waals surface area contributed by atoms with Crippen LogP contribution in [0.5, 0.6) is 0 Å². The maximum Gasteiger partial charge on any atom is 0.0975 e. The van der Waals surface area contributed by atoms with Crippen molar-refractivity contribution in [1.82, 2.24) is 9.97 Å². The first kappa shape index (κ1) is 13.0. The standard InChI is InChI=1S/C15H20N2O/c1-15(2,3)9-8-14(18)13-10-16-11-6-4-5-7-12(11)17-13/h4-7,10,14,18H,8-9H2,1-3H3. The Balaban J connectivity index is 2.15. The number of nitrogens with zero attached hydrogens (tertiary/aromatic N) is 2. The highest BCUT2D eigenvalue weighted by atomic mass is 16.3. The van der Waals surface area contributed by atoms with Gasteiger partial charge in [-0.25, -0.2) is 4.98 Å². The lowest BCUT2D eigenvalue weighted by Gasteiger charge is -2.20. The van der Waals surface area contributed by atoms with E-state index in [1.165, 1.54) is 0 Å². The van der Waals surface area contributed by atoms with Crippen molar-refractivity contribution in [3.05, 3.63) is 36.2 Å². The van der Waals surface area contributed by atoms with Crippen molar-refractivity contribution in [1.29, 1.82) is 0 Å². The van der Waals surface area contributed by atoms with Crippen molar-refractivity contribution in [3.8, 4) is 0 Å². The third-order valence-electron chi connectivity index (χ3n) is 2.98. The summed E-state index contributed by atoms with van der Waals surface area (Å²) >= 11 is 0. The number of aliphatic hydroxyl groups excluding tert-OH is 1. The summed E-state index contributed by atoms with van der Waals surface area (Å²) in [5.41, 5.74) is 2.60. The number of fused-ring (bicyclic) bond motifs is 1.